The fraction of sp³-hybridized carbons (Fsp3) is 0.500. The van der Waals surface area contributed by atoms with E-state index in [2.05, 4.69) is 16.4 Å². The summed E-state index contributed by atoms with van der Waals surface area (Å²) in [5.41, 5.74) is 1.07. The van der Waals surface area contributed by atoms with Gasteiger partial charge in [-0.15, -0.1) is 36.2 Å². The highest BCUT2D eigenvalue weighted by molar-refractivity contribution is 7.18. The second-order valence-electron chi connectivity index (χ2n) is 5.58. The molecule has 3 rings (SSSR count). The van der Waals surface area contributed by atoms with E-state index in [9.17, 15) is 4.79 Å². The van der Waals surface area contributed by atoms with Crippen LogP contribution < -0.4 is 5.32 Å². The Morgan fingerprint density at radius 3 is 2.87 bits per heavy atom. The molecule has 1 amide bonds. The first-order chi connectivity index (χ1) is 10.2. The zero-order valence-corrected chi connectivity index (χ0v) is 15.6. The van der Waals surface area contributed by atoms with Gasteiger partial charge in [0.1, 0.15) is 0 Å². The Balaban J connectivity index is 0.00000132. The number of carbonyl (C=O) groups excluding carboxylic acids is 1. The molecule has 1 aliphatic heterocycles. The van der Waals surface area contributed by atoms with Gasteiger partial charge in [0, 0.05) is 26.1 Å². The first-order valence-corrected chi connectivity index (χ1v) is 8.36. The molecule has 1 aromatic carbocycles. The Morgan fingerprint density at radius 2 is 2.17 bits per heavy atom. The summed E-state index contributed by atoms with van der Waals surface area (Å²) < 4.78 is 1.23. The Bertz CT molecular complexity index is 596. The predicted molar refractivity (Wildman–Crippen MR) is 101 cm³/mol. The van der Waals surface area contributed by atoms with E-state index in [1.54, 1.807) is 11.3 Å². The largest absolute Gasteiger partial charge is 0.341 e. The zero-order chi connectivity index (χ0) is 14.7. The first-order valence-electron chi connectivity index (χ1n) is 7.55. The van der Waals surface area contributed by atoms with Crippen LogP contribution in [0.3, 0.4) is 0 Å². The van der Waals surface area contributed by atoms with Crippen molar-refractivity contribution in [3.63, 3.8) is 0 Å². The van der Waals surface area contributed by atoms with Gasteiger partial charge in [0.05, 0.1) is 15.2 Å². The van der Waals surface area contributed by atoms with Crippen LogP contribution in [-0.4, -0.2) is 42.0 Å². The molecule has 1 fully saturated rings. The van der Waals surface area contributed by atoms with Gasteiger partial charge in [0.2, 0.25) is 5.91 Å². The minimum Gasteiger partial charge on any atom is -0.341 e. The Morgan fingerprint density at radius 1 is 1.39 bits per heavy atom. The van der Waals surface area contributed by atoms with E-state index >= 15 is 0 Å². The van der Waals surface area contributed by atoms with Crippen molar-refractivity contribution >= 4 is 52.3 Å². The predicted octanol–water partition coefficient (Wildman–Crippen LogP) is 3.28. The lowest BCUT2D eigenvalue weighted by atomic mass is 10.2. The molecule has 1 aromatic heterocycles. The van der Waals surface area contributed by atoms with E-state index in [1.165, 1.54) is 4.70 Å². The summed E-state index contributed by atoms with van der Waals surface area (Å²) in [6.45, 7) is 1.95. The lowest BCUT2D eigenvalue weighted by Gasteiger charge is -2.23. The highest BCUT2D eigenvalue weighted by Gasteiger charge is 2.22. The highest BCUT2D eigenvalue weighted by atomic mass is 35.5. The minimum atomic E-state index is 0. The number of benzene rings is 1. The number of thiazole rings is 1. The average Bonchev–Trinajstić information content (AvgIpc) is 3.15. The standard InChI is InChI=1S/C16H21N3OS.2ClH/c1-19(12-9-10-17-11-12)16(20)8-4-7-15-18-13-5-2-3-6-14(13)21-15;;/h2-3,5-6,12,17H,4,7-11H2,1H3;2*1H. The van der Waals surface area contributed by atoms with Crippen LogP contribution in [0.5, 0.6) is 0 Å². The molecule has 4 nitrogen and oxygen atoms in total. The number of hydrogen-bond donors (Lipinski definition) is 1. The second-order valence-corrected chi connectivity index (χ2v) is 6.70. The molecule has 0 aliphatic carbocycles. The molecule has 23 heavy (non-hydrogen) atoms. The summed E-state index contributed by atoms with van der Waals surface area (Å²) in [4.78, 5) is 18.7. The van der Waals surface area contributed by atoms with E-state index in [-0.39, 0.29) is 30.7 Å². The lowest BCUT2D eigenvalue weighted by molar-refractivity contribution is -0.131. The Hall–Kier alpha value is -0.880. The van der Waals surface area contributed by atoms with Crippen LogP contribution in [0.25, 0.3) is 10.2 Å². The number of amides is 1. The molecule has 0 bridgehead atoms. The van der Waals surface area contributed by atoms with Crippen molar-refractivity contribution in [1.82, 2.24) is 15.2 Å². The molecule has 1 aliphatic rings. The number of likely N-dealkylation sites (N-methyl/N-ethyl adjacent to an activating group) is 1. The van der Waals surface area contributed by atoms with Gasteiger partial charge in [-0.1, -0.05) is 12.1 Å². The maximum Gasteiger partial charge on any atom is 0.222 e. The topological polar surface area (TPSA) is 45.2 Å². The number of carbonyl (C=O) groups is 1. The number of nitrogens with zero attached hydrogens (tertiary/aromatic N) is 2. The molecule has 1 N–H and O–H groups in total. The van der Waals surface area contributed by atoms with E-state index < -0.39 is 0 Å². The third kappa shape index (κ3) is 5.05. The van der Waals surface area contributed by atoms with Gasteiger partial charge in [-0.05, 0) is 37.9 Å². The third-order valence-electron chi connectivity index (χ3n) is 4.09. The molecule has 2 aromatic rings. The van der Waals surface area contributed by atoms with Crippen molar-refractivity contribution in [1.29, 1.82) is 0 Å². The Labute approximate surface area is 153 Å². The fourth-order valence-corrected chi connectivity index (χ4v) is 3.78. The van der Waals surface area contributed by atoms with Gasteiger partial charge in [-0.25, -0.2) is 4.98 Å². The molecular weight excluding hydrogens is 353 g/mol. The summed E-state index contributed by atoms with van der Waals surface area (Å²) in [6.07, 6.45) is 3.45. The molecule has 1 unspecified atom stereocenters. The number of para-hydroxylation sites is 1. The smallest absolute Gasteiger partial charge is 0.222 e. The lowest BCUT2D eigenvalue weighted by Crippen LogP contribution is -2.38. The summed E-state index contributed by atoms with van der Waals surface area (Å²) in [6, 6.07) is 8.57. The summed E-state index contributed by atoms with van der Waals surface area (Å²) in [5, 5.41) is 4.44. The molecule has 0 radical (unpaired) electrons. The molecular formula is C16H23Cl2N3OS. The van der Waals surface area contributed by atoms with Gasteiger partial charge >= 0.3 is 0 Å². The molecule has 0 saturated carbocycles. The quantitative estimate of drug-likeness (QED) is 0.871. The van der Waals surface area contributed by atoms with Gasteiger partial charge in [-0.2, -0.15) is 0 Å². The van der Waals surface area contributed by atoms with Crippen LogP contribution in [0.1, 0.15) is 24.3 Å². The van der Waals surface area contributed by atoms with Gasteiger partial charge in [0.25, 0.3) is 0 Å². The van der Waals surface area contributed by atoms with Crippen LogP contribution in [-0.2, 0) is 11.2 Å². The number of hydrogen-bond acceptors (Lipinski definition) is 4. The molecule has 2 heterocycles. The van der Waals surface area contributed by atoms with Crippen LogP contribution in [0.15, 0.2) is 24.3 Å². The van der Waals surface area contributed by atoms with Crippen molar-refractivity contribution < 1.29 is 4.79 Å². The van der Waals surface area contributed by atoms with Gasteiger partial charge in [-0.3, -0.25) is 4.79 Å². The van der Waals surface area contributed by atoms with E-state index in [1.807, 2.05) is 30.1 Å². The van der Waals surface area contributed by atoms with Gasteiger partial charge < -0.3 is 10.2 Å². The Kier molecular flexibility index (Phi) is 8.26. The third-order valence-corrected chi connectivity index (χ3v) is 5.19. The van der Waals surface area contributed by atoms with Crippen molar-refractivity contribution in [2.45, 2.75) is 31.7 Å². The number of nitrogens with one attached hydrogen (secondary N) is 1. The van der Waals surface area contributed by atoms with E-state index in [0.29, 0.717) is 12.5 Å². The monoisotopic (exact) mass is 375 g/mol. The molecule has 128 valence electrons. The van der Waals surface area contributed by atoms with E-state index in [0.717, 1.165) is 42.9 Å². The summed E-state index contributed by atoms with van der Waals surface area (Å²) in [7, 11) is 1.93. The van der Waals surface area contributed by atoms with Gasteiger partial charge in [0.15, 0.2) is 0 Å². The summed E-state index contributed by atoms with van der Waals surface area (Å²) >= 11 is 1.74. The van der Waals surface area contributed by atoms with Crippen LogP contribution in [0, 0.1) is 0 Å². The van der Waals surface area contributed by atoms with E-state index in [4.69, 9.17) is 0 Å². The molecule has 7 heteroatoms. The summed E-state index contributed by atoms with van der Waals surface area (Å²) in [5.74, 6) is 0.254. The fourth-order valence-electron chi connectivity index (χ4n) is 2.77. The van der Waals surface area contributed by atoms with Crippen molar-refractivity contribution in [3.8, 4) is 0 Å². The first kappa shape index (κ1) is 20.2. The average molecular weight is 376 g/mol. The molecule has 1 atom stereocenters. The molecule has 1 saturated heterocycles. The van der Waals surface area contributed by atoms with Crippen LogP contribution in [0.2, 0.25) is 0 Å². The van der Waals surface area contributed by atoms with Crippen molar-refractivity contribution in [2.75, 3.05) is 20.1 Å². The van der Waals surface area contributed by atoms with Crippen molar-refractivity contribution in [2.24, 2.45) is 0 Å². The second kappa shape index (κ2) is 9.42. The number of aromatic nitrogens is 1. The van der Waals surface area contributed by atoms with Crippen molar-refractivity contribution in [3.05, 3.63) is 29.3 Å². The van der Waals surface area contributed by atoms with Crippen LogP contribution >= 0.6 is 36.2 Å². The number of halogens is 2. The normalized spacial score (nSPS) is 16.7. The highest BCUT2D eigenvalue weighted by Crippen LogP contribution is 2.22. The molecule has 0 spiro atoms. The zero-order valence-electron chi connectivity index (χ0n) is 13.2. The minimum absolute atomic E-state index is 0. The number of fused-ring (bicyclic) bond motifs is 1. The number of aryl methyl sites for hydroxylation is 1. The van der Waals surface area contributed by atoms with Crippen LogP contribution in [0.4, 0.5) is 0 Å². The SMILES string of the molecule is CN(C(=O)CCCc1nc2ccccc2s1)C1CCNC1.Cl.Cl. The number of rotatable bonds is 5. The maximum atomic E-state index is 12.2. The maximum absolute atomic E-state index is 12.2.